The Kier molecular flexibility index (Phi) is 5.14. The monoisotopic (exact) mass is 352 g/mol. The number of hydrogen-bond donors (Lipinski definition) is 1. The van der Waals surface area contributed by atoms with E-state index < -0.39 is 0 Å². The minimum absolute atomic E-state index is 0.0397. The van der Waals surface area contributed by atoms with Crippen LogP contribution < -0.4 is 10.1 Å². The molecule has 0 fully saturated rings. The summed E-state index contributed by atoms with van der Waals surface area (Å²) in [7, 11) is 0. The number of benzene rings is 2. The fourth-order valence-corrected chi connectivity index (χ4v) is 3.03. The zero-order valence-electron chi connectivity index (χ0n) is 14.5. The van der Waals surface area contributed by atoms with Gasteiger partial charge in [0, 0.05) is 10.9 Å². The van der Waals surface area contributed by atoms with Gasteiger partial charge in [0.1, 0.15) is 5.75 Å². The minimum Gasteiger partial charge on any atom is -0.484 e. The molecule has 0 aliphatic heterocycles. The molecule has 0 spiro atoms. The molecule has 5 heteroatoms. The van der Waals surface area contributed by atoms with Crippen molar-refractivity contribution < 1.29 is 9.53 Å². The largest absolute Gasteiger partial charge is 0.484 e. The van der Waals surface area contributed by atoms with Gasteiger partial charge >= 0.3 is 0 Å². The lowest BCUT2D eigenvalue weighted by atomic mass is 10.1. The number of carbonyl (C=O) groups excluding carboxylic acids is 1. The molecule has 0 bridgehead atoms. The first kappa shape index (κ1) is 17.2. The molecule has 0 radical (unpaired) electrons. The van der Waals surface area contributed by atoms with E-state index >= 15 is 0 Å². The first-order chi connectivity index (χ1) is 12.0. The molecule has 1 amide bonds. The van der Waals surface area contributed by atoms with Gasteiger partial charge < -0.3 is 4.74 Å². The summed E-state index contributed by atoms with van der Waals surface area (Å²) in [6.45, 7) is 6.07. The average molecular weight is 352 g/mol. The molecule has 1 N–H and O–H groups in total. The van der Waals surface area contributed by atoms with Gasteiger partial charge in [0.15, 0.2) is 11.7 Å². The molecule has 4 nitrogen and oxygen atoms in total. The van der Waals surface area contributed by atoms with Crippen LogP contribution in [0.3, 0.4) is 0 Å². The Morgan fingerprint density at radius 2 is 1.84 bits per heavy atom. The number of hydrogen-bond acceptors (Lipinski definition) is 4. The SMILES string of the molecule is Cc1ccc(-c2csc(NC(=O)COc3ccc(C)c(C)c3)n2)cc1. The van der Waals surface area contributed by atoms with Crippen molar-refractivity contribution in [1.29, 1.82) is 0 Å². The van der Waals surface area contributed by atoms with Gasteiger partial charge in [-0.1, -0.05) is 35.9 Å². The molecule has 3 aromatic rings. The molecule has 1 heterocycles. The Labute approximate surface area is 151 Å². The maximum atomic E-state index is 12.1. The molecule has 0 saturated carbocycles. The summed E-state index contributed by atoms with van der Waals surface area (Å²) in [5.74, 6) is 0.473. The third kappa shape index (κ3) is 4.45. The van der Waals surface area contributed by atoms with E-state index in [1.807, 2.05) is 68.6 Å². The van der Waals surface area contributed by atoms with Gasteiger partial charge in [0.2, 0.25) is 0 Å². The molecular weight excluding hydrogens is 332 g/mol. The number of amides is 1. The zero-order valence-corrected chi connectivity index (χ0v) is 15.3. The van der Waals surface area contributed by atoms with Gasteiger partial charge in [-0.05, 0) is 44.0 Å². The number of ether oxygens (including phenoxy) is 1. The second-order valence-corrected chi connectivity index (χ2v) is 6.84. The molecule has 128 valence electrons. The summed E-state index contributed by atoms with van der Waals surface area (Å²) in [5.41, 5.74) is 5.43. The van der Waals surface area contributed by atoms with Crippen LogP contribution in [0.4, 0.5) is 5.13 Å². The highest BCUT2D eigenvalue weighted by molar-refractivity contribution is 7.14. The second-order valence-electron chi connectivity index (χ2n) is 5.99. The van der Waals surface area contributed by atoms with E-state index in [9.17, 15) is 4.79 Å². The molecule has 1 aromatic heterocycles. The van der Waals surface area contributed by atoms with Crippen molar-refractivity contribution >= 4 is 22.4 Å². The predicted molar refractivity (Wildman–Crippen MR) is 102 cm³/mol. The van der Waals surface area contributed by atoms with E-state index in [0.29, 0.717) is 10.9 Å². The van der Waals surface area contributed by atoms with E-state index in [-0.39, 0.29) is 12.5 Å². The normalized spacial score (nSPS) is 10.5. The van der Waals surface area contributed by atoms with Crippen LogP contribution in [0.25, 0.3) is 11.3 Å². The third-order valence-electron chi connectivity index (χ3n) is 3.95. The Morgan fingerprint density at radius 1 is 1.08 bits per heavy atom. The number of anilines is 1. The number of carbonyl (C=O) groups is 1. The summed E-state index contributed by atoms with van der Waals surface area (Å²) in [6, 6.07) is 13.9. The van der Waals surface area contributed by atoms with Crippen LogP contribution in [-0.4, -0.2) is 17.5 Å². The van der Waals surface area contributed by atoms with Crippen LogP contribution in [0.2, 0.25) is 0 Å². The summed E-state index contributed by atoms with van der Waals surface area (Å²) in [4.78, 5) is 16.5. The van der Waals surface area contributed by atoms with E-state index in [1.165, 1.54) is 22.5 Å². The molecule has 25 heavy (non-hydrogen) atoms. The lowest BCUT2D eigenvalue weighted by Crippen LogP contribution is -2.20. The predicted octanol–water partition coefficient (Wildman–Crippen LogP) is 4.75. The Hall–Kier alpha value is -2.66. The topological polar surface area (TPSA) is 51.2 Å². The number of nitrogens with zero attached hydrogens (tertiary/aromatic N) is 1. The molecule has 2 aromatic carbocycles. The number of aromatic nitrogens is 1. The molecule has 0 atom stereocenters. The van der Waals surface area contributed by atoms with Crippen LogP contribution in [-0.2, 0) is 4.79 Å². The minimum atomic E-state index is -0.219. The Balaban J connectivity index is 1.58. The van der Waals surface area contributed by atoms with Gasteiger partial charge in [0.05, 0.1) is 5.69 Å². The molecule has 3 rings (SSSR count). The maximum Gasteiger partial charge on any atom is 0.264 e. The molecule has 0 aliphatic rings. The fraction of sp³-hybridized carbons (Fsp3) is 0.200. The molecular formula is C20H20N2O2S. The number of nitrogens with one attached hydrogen (secondary N) is 1. The first-order valence-electron chi connectivity index (χ1n) is 8.04. The second kappa shape index (κ2) is 7.49. The number of thiazole rings is 1. The van der Waals surface area contributed by atoms with Gasteiger partial charge in [-0.15, -0.1) is 11.3 Å². The van der Waals surface area contributed by atoms with E-state index in [4.69, 9.17) is 4.74 Å². The third-order valence-corrected chi connectivity index (χ3v) is 4.70. The van der Waals surface area contributed by atoms with E-state index in [1.54, 1.807) is 0 Å². The van der Waals surface area contributed by atoms with E-state index in [2.05, 4.69) is 10.3 Å². The number of aryl methyl sites for hydroxylation is 3. The summed E-state index contributed by atoms with van der Waals surface area (Å²) >= 11 is 1.40. The van der Waals surface area contributed by atoms with E-state index in [0.717, 1.165) is 16.8 Å². The Morgan fingerprint density at radius 3 is 2.56 bits per heavy atom. The van der Waals surface area contributed by atoms with Crippen molar-refractivity contribution in [3.63, 3.8) is 0 Å². The average Bonchev–Trinajstić information content (AvgIpc) is 3.05. The molecule has 0 unspecified atom stereocenters. The van der Waals surface area contributed by atoms with Gasteiger partial charge in [0.25, 0.3) is 5.91 Å². The first-order valence-corrected chi connectivity index (χ1v) is 8.92. The fourth-order valence-electron chi connectivity index (χ4n) is 2.30. The van der Waals surface area contributed by atoms with Crippen molar-refractivity contribution in [2.75, 3.05) is 11.9 Å². The van der Waals surface area contributed by atoms with Gasteiger partial charge in [-0.3, -0.25) is 10.1 Å². The zero-order chi connectivity index (χ0) is 17.8. The van der Waals surface area contributed by atoms with Crippen LogP contribution in [0.1, 0.15) is 16.7 Å². The van der Waals surface area contributed by atoms with Crippen LogP contribution >= 0.6 is 11.3 Å². The lowest BCUT2D eigenvalue weighted by Gasteiger charge is -2.07. The van der Waals surface area contributed by atoms with Crippen LogP contribution in [0.15, 0.2) is 47.8 Å². The van der Waals surface area contributed by atoms with Crippen molar-refractivity contribution in [3.05, 3.63) is 64.5 Å². The summed E-state index contributed by atoms with van der Waals surface area (Å²) < 4.78 is 5.55. The van der Waals surface area contributed by atoms with Crippen LogP contribution in [0, 0.1) is 20.8 Å². The summed E-state index contributed by atoms with van der Waals surface area (Å²) in [5, 5.41) is 5.29. The van der Waals surface area contributed by atoms with Crippen molar-refractivity contribution in [2.45, 2.75) is 20.8 Å². The number of rotatable bonds is 5. The van der Waals surface area contributed by atoms with Crippen LogP contribution in [0.5, 0.6) is 5.75 Å². The van der Waals surface area contributed by atoms with Crippen molar-refractivity contribution in [2.24, 2.45) is 0 Å². The maximum absolute atomic E-state index is 12.1. The van der Waals surface area contributed by atoms with Crippen molar-refractivity contribution in [3.8, 4) is 17.0 Å². The highest BCUT2D eigenvalue weighted by Crippen LogP contribution is 2.25. The van der Waals surface area contributed by atoms with Gasteiger partial charge in [-0.2, -0.15) is 0 Å². The lowest BCUT2D eigenvalue weighted by molar-refractivity contribution is -0.118. The smallest absolute Gasteiger partial charge is 0.264 e. The standard InChI is InChI=1S/C20H20N2O2S/c1-13-4-7-16(8-5-13)18-12-25-20(21-18)22-19(23)11-24-17-9-6-14(2)15(3)10-17/h4-10,12H,11H2,1-3H3,(H,21,22,23). The highest BCUT2D eigenvalue weighted by atomic mass is 32.1. The highest BCUT2D eigenvalue weighted by Gasteiger charge is 2.09. The molecule has 0 aliphatic carbocycles. The molecule has 0 saturated heterocycles. The van der Waals surface area contributed by atoms with Crippen molar-refractivity contribution in [1.82, 2.24) is 4.98 Å². The van der Waals surface area contributed by atoms with Gasteiger partial charge in [-0.25, -0.2) is 4.98 Å². The summed E-state index contributed by atoms with van der Waals surface area (Å²) in [6.07, 6.45) is 0. The quantitative estimate of drug-likeness (QED) is 0.721. The Bertz CT molecular complexity index is 885.